The molecule has 1 rings (SSSR count). The average molecular weight is 307 g/mol. The number of rotatable bonds is 10. The molecule has 0 radical (unpaired) electrons. The van der Waals surface area contributed by atoms with Gasteiger partial charge in [-0.05, 0) is 31.2 Å². The molecule has 0 saturated heterocycles. The normalized spacial score (nSPS) is 11.6. The molecule has 0 aliphatic heterocycles. The standard InChI is InChI=1S/C16H21NO5/c18-14(10-4-8-12-6-2-1-3-7-12)17-13(16(21)22)9-5-11-15(19)20/h1-3,6-7,13H,4-5,8-11H2,(H,17,18)(H,19,20)(H,21,22)/t13-/m0/s1. The van der Waals surface area contributed by atoms with Gasteiger partial charge in [-0.1, -0.05) is 30.3 Å². The van der Waals surface area contributed by atoms with Crippen LogP contribution in [0.2, 0.25) is 0 Å². The Labute approximate surface area is 129 Å². The molecular formula is C16H21NO5. The Morgan fingerprint density at radius 3 is 2.27 bits per heavy atom. The summed E-state index contributed by atoms with van der Waals surface area (Å²) in [5, 5.41) is 20.0. The lowest BCUT2D eigenvalue weighted by Crippen LogP contribution is -2.40. The molecule has 0 aliphatic carbocycles. The van der Waals surface area contributed by atoms with Crippen molar-refractivity contribution < 1.29 is 24.6 Å². The van der Waals surface area contributed by atoms with Gasteiger partial charge in [0.25, 0.3) is 0 Å². The number of amides is 1. The maximum Gasteiger partial charge on any atom is 0.326 e. The van der Waals surface area contributed by atoms with E-state index in [1.807, 2.05) is 30.3 Å². The Hall–Kier alpha value is -2.37. The molecule has 0 aromatic heterocycles. The zero-order chi connectivity index (χ0) is 16.4. The number of carbonyl (C=O) groups is 3. The molecule has 0 unspecified atom stereocenters. The Morgan fingerprint density at radius 2 is 1.68 bits per heavy atom. The van der Waals surface area contributed by atoms with Crippen LogP contribution in [0.25, 0.3) is 0 Å². The first-order valence-electron chi connectivity index (χ1n) is 7.27. The number of carboxylic acid groups (broad SMARTS) is 2. The molecule has 1 amide bonds. The lowest BCUT2D eigenvalue weighted by molar-refractivity contribution is -0.142. The fraction of sp³-hybridized carbons (Fsp3) is 0.438. The van der Waals surface area contributed by atoms with Crippen LogP contribution in [0.5, 0.6) is 0 Å². The predicted molar refractivity (Wildman–Crippen MR) is 80.4 cm³/mol. The van der Waals surface area contributed by atoms with E-state index in [0.717, 1.165) is 12.0 Å². The highest BCUT2D eigenvalue weighted by molar-refractivity contribution is 5.83. The molecule has 1 aromatic carbocycles. The summed E-state index contributed by atoms with van der Waals surface area (Å²) in [5.41, 5.74) is 1.13. The van der Waals surface area contributed by atoms with Crippen molar-refractivity contribution in [3.05, 3.63) is 35.9 Å². The number of hydrogen-bond donors (Lipinski definition) is 3. The highest BCUT2D eigenvalue weighted by Crippen LogP contribution is 2.06. The van der Waals surface area contributed by atoms with E-state index in [4.69, 9.17) is 10.2 Å². The average Bonchev–Trinajstić information content (AvgIpc) is 2.47. The zero-order valence-electron chi connectivity index (χ0n) is 12.3. The fourth-order valence-electron chi connectivity index (χ4n) is 2.08. The van der Waals surface area contributed by atoms with E-state index in [-0.39, 0.29) is 31.6 Å². The summed E-state index contributed by atoms with van der Waals surface area (Å²) in [6.45, 7) is 0. The van der Waals surface area contributed by atoms with E-state index in [1.165, 1.54) is 0 Å². The highest BCUT2D eigenvalue weighted by Gasteiger charge is 2.19. The number of benzene rings is 1. The molecule has 0 saturated carbocycles. The van der Waals surface area contributed by atoms with Crippen molar-refractivity contribution in [3.63, 3.8) is 0 Å². The molecule has 0 bridgehead atoms. The van der Waals surface area contributed by atoms with Crippen LogP contribution in [0.15, 0.2) is 30.3 Å². The largest absolute Gasteiger partial charge is 0.481 e. The monoisotopic (exact) mass is 307 g/mol. The summed E-state index contributed by atoms with van der Waals surface area (Å²) in [5.74, 6) is -2.43. The van der Waals surface area contributed by atoms with Crippen LogP contribution in [-0.4, -0.2) is 34.1 Å². The van der Waals surface area contributed by atoms with Crippen molar-refractivity contribution in [3.8, 4) is 0 Å². The van der Waals surface area contributed by atoms with Gasteiger partial charge in [0.1, 0.15) is 6.04 Å². The van der Waals surface area contributed by atoms with Gasteiger partial charge in [0, 0.05) is 12.8 Å². The third-order valence-electron chi connectivity index (χ3n) is 3.23. The van der Waals surface area contributed by atoms with E-state index >= 15 is 0 Å². The Morgan fingerprint density at radius 1 is 1.00 bits per heavy atom. The molecule has 0 spiro atoms. The van der Waals surface area contributed by atoms with E-state index in [1.54, 1.807) is 0 Å². The number of nitrogens with one attached hydrogen (secondary N) is 1. The Bertz CT molecular complexity index is 501. The molecule has 22 heavy (non-hydrogen) atoms. The van der Waals surface area contributed by atoms with Gasteiger partial charge in [-0.25, -0.2) is 4.79 Å². The molecule has 1 atom stereocenters. The van der Waals surface area contributed by atoms with Gasteiger partial charge < -0.3 is 15.5 Å². The number of carboxylic acids is 2. The van der Waals surface area contributed by atoms with Crippen molar-refractivity contribution in [1.82, 2.24) is 5.32 Å². The van der Waals surface area contributed by atoms with Gasteiger partial charge in [0.05, 0.1) is 0 Å². The molecular weight excluding hydrogens is 286 g/mol. The van der Waals surface area contributed by atoms with Gasteiger partial charge >= 0.3 is 11.9 Å². The summed E-state index contributed by atoms with van der Waals surface area (Å²) in [6.07, 6.45) is 1.87. The van der Waals surface area contributed by atoms with Gasteiger partial charge in [0.15, 0.2) is 0 Å². The Balaban J connectivity index is 2.30. The minimum Gasteiger partial charge on any atom is -0.481 e. The fourth-order valence-corrected chi connectivity index (χ4v) is 2.08. The molecule has 1 aromatic rings. The van der Waals surface area contributed by atoms with Crippen molar-refractivity contribution in [2.75, 3.05) is 0 Å². The van der Waals surface area contributed by atoms with E-state index < -0.39 is 18.0 Å². The first-order valence-corrected chi connectivity index (χ1v) is 7.27. The third-order valence-corrected chi connectivity index (χ3v) is 3.23. The molecule has 6 nitrogen and oxygen atoms in total. The van der Waals surface area contributed by atoms with Crippen LogP contribution in [0, 0.1) is 0 Å². The quantitative estimate of drug-likeness (QED) is 0.612. The highest BCUT2D eigenvalue weighted by atomic mass is 16.4. The van der Waals surface area contributed by atoms with Crippen LogP contribution >= 0.6 is 0 Å². The van der Waals surface area contributed by atoms with E-state index in [2.05, 4.69) is 5.32 Å². The van der Waals surface area contributed by atoms with Gasteiger partial charge in [-0.15, -0.1) is 0 Å². The van der Waals surface area contributed by atoms with Crippen LogP contribution in [-0.2, 0) is 20.8 Å². The maximum absolute atomic E-state index is 11.8. The summed E-state index contributed by atoms with van der Waals surface area (Å²) in [6, 6.07) is 8.71. The molecule has 0 fully saturated rings. The second-order valence-corrected chi connectivity index (χ2v) is 5.08. The van der Waals surface area contributed by atoms with Crippen molar-refractivity contribution in [2.24, 2.45) is 0 Å². The number of carbonyl (C=O) groups excluding carboxylic acids is 1. The maximum atomic E-state index is 11.8. The van der Waals surface area contributed by atoms with Gasteiger partial charge in [-0.2, -0.15) is 0 Å². The number of aliphatic carboxylic acids is 2. The van der Waals surface area contributed by atoms with E-state index in [9.17, 15) is 14.4 Å². The second kappa shape index (κ2) is 9.55. The van der Waals surface area contributed by atoms with Gasteiger partial charge in [0.2, 0.25) is 5.91 Å². The predicted octanol–water partition coefficient (Wildman–Crippen LogP) is 1.83. The minimum atomic E-state index is -1.14. The van der Waals surface area contributed by atoms with Crippen LogP contribution in [0.3, 0.4) is 0 Å². The molecule has 120 valence electrons. The first-order chi connectivity index (χ1) is 10.5. The zero-order valence-corrected chi connectivity index (χ0v) is 12.3. The first kappa shape index (κ1) is 17.7. The van der Waals surface area contributed by atoms with Gasteiger partial charge in [-0.3, -0.25) is 9.59 Å². The minimum absolute atomic E-state index is 0.104. The Kier molecular flexibility index (Phi) is 7.67. The van der Waals surface area contributed by atoms with Crippen LogP contribution < -0.4 is 5.32 Å². The van der Waals surface area contributed by atoms with Crippen molar-refractivity contribution >= 4 is 17.8 Å². The number of aryl methyl sites for hydroxylation is 1. The lowest BCUT2D eigenvalue weighted by atomic mass is 10.1. The van der Waals surface area contributed by atoms with Crippen LogP contribution in [0.1, 0.15) is 37.7 Å². The second-order valence-electron chi connectivity index (χ2n) is 5.08. The van der Waals surface area contributed by atoms with E-state index in [0.29, 0.717) is 6.42 Å². The third kappa shape index (κ3) is 7.42. The van der Waals surface area contributed by atoms with Crippen LogP contribution in [0.4, 0.5) is 0 Å². The van der Waals surface area contributed by atoms with Crippen molar-refractivity contribution in [2.45, 2.75) is 44.6 Å². The summed E-state index contributed by atoms with van der Waals surface area (Å²) < 4.78 is 0. The molecule has 3 N–H and O–H groups in total. The van der Waals surface area contributed by atoms with Crippen molar-refractivity contribution in [1.29, 1.82) is 0 Å². The number of hydrogen-bond acceptors (Lipinski definition) is 3. The molecule has 0 aliphatic rings. The summed E-state index contributed by atoms with van der Waals surface area (Å²) >= 11 is 0. The summed E-state index contributed by atoms with van der Waals surface area (Å²) in [7, 11) is 0. The summed E-state index contributed by atoms with van der Waals surface area (Å²) in [4.78, 5) is 33.2. The molecule has 0 heterocycles. The SMILES string of the molecule is O=C(O)CCC[C@H](NC(=O)CCCc1ccccc1)C(=O)O. The lowest BCUT2D eigenvalue weighted by Gasteiger charge is -2.14. The topological polar surface area (TPSA) is 104 Å². The smallest absolute Gasteiger partial charge is 0.326 e. The molecule has 6 heteroatoms.